The lowest BCUT2D eigenvalue weighted by atomic mass is 9.80. The Morgan fingerprint density at radius 1 is 1.14 bits per heavy atom. The van der Waals surface area contributed by atoms with Gasteiger partial charge in [-0.3, -0.25) is 0 Å². The maximum Gasteiger partial charge on any atom is 0.312 e. The SMILES string of the molecule is CC(C)(C)CCC(C)(C)CNC(N)=O. The van der Waals surface area contributed by atoms with E-state index in [1.54, 1.807) is 0 Å². The van der Waals surface area contributed by atoms with E-state index in [2.05, 4.69) is 39.9 Å². The lowest BCUT2D eigenvalue weighted by Gasteiger charge is -2.28. The molecule has 0 saturated heterocycles. The van der Waals surface area contributed by atoms with Gasteiger partial charge in [-0.25, -0.2) is 4.79 Å². The molecule has 0 rings (SSSR count). The van der Waals surface area contributed by atoms with Crippen LogP contribution in [0.5, 0.6) is 0 Å². The quantitative estimate of drug-likeness (QED) is 0.719. The molecule has 0 aromatic heterocycles. The van der Waals surface area contributed by atoms with E-state index in [9.17, 15) is 4.79 Å². The van der Waals surface area contributed by atoms with Gasteiger partial charge in [0.25, 0.3) is 0 Å². The van der Waals surface area contributed by atoms with Gasteiger partial charge in [0.2, 0.25) is 0 Å². The van der Waals surface area contributed by atoms with E-state index in [0.29, 0.717) is 12.0 Å². The minimum absolute atomic E-state index is 0.127. The molecule has 0 heterocycles. The molecule has 0 unspecified atom stereocenters. The number of hydrogen-bond donors (Lipinski definition) is 2. The average molecular weight is 200 g/mol. The van der Waals surface area contributed by atoms with E-state index >= 15 is 0 Å². The van der Waals surface area contributed by atoms with Crippen LogP contribution < -0.4 is 11.1 Å². The fourth-order valence-corrected chi connectivity index (χ4v) is 1.13. The molecule has 0 aromatic carbocycles. The summed E-state index contributed by atoms with van der Waals surface area (Å²) in [6, 6.07) is -0.436. The fourth-order valence-electron chi connectivity index (χ4n) is 1.13. The molecule has 84 valence electrons. The topological polar surface area (TPSA) is 55.1 Å². The van der Waals surface area contributed by atoms with E-state index < -0.39 is 6.03 Å². The van der Waals surface area contributed by atoms with Gasteiger partial charge in [-0.15, -0.1) is 0 Å². The summed E-state index contributed by atoms with van der Waals surface area (Å²) in [6.07, 6.45) is 2.25. The second-order valence-electron chi connectivity index (χ2n) is 5.94. The predicted molar refractivity (Wildman–Crippen MR) is 60.1 cm³/mol. The smallest absolute Gasteiger partial charge is 0.312 e. The summed E-state index contributed by atoms with van der Waals surface area (Å²) in [5, 5.41) is 2.66. The monoisotopic (exact) mass is 200 g/mol. The van der Waals surface area contributed by atoms with Crippen LogP contribution in [-0.2, 0) is 0 Å². The van der Waals surface area contributed by atoms with Gasteiger partial charge >= 0.3 is 6.03 Å². The molecule has 0 fully saturated rings. The summed E-state index contributed by atoms with van der Waals surface area (Å²) in [4.78, 5) is 10.6. The third kappa shape index (κ3) is 7.90. The van der Waals surface area contributed by atoms with Crippen LogP contribution in [0.3, 0.4) is 0 Å². The standard InChI is InChI=1S/C11H24N2O/c1-10(2,3)6-7-11(4,5)8-13-9(12)14/h6-8H2,1-5H3,(H3,12,13,14). The van der Waals surface area contributed by atoms with Crippen molar-refractivity contribution < 1.29 is 4.79 Å². The van der Waals surface area contributed by atoms with Gasteiger partial charge < -0.3 is 11.1 Å². The van der Waals surface area contributed by atoms with Crippen LogP contribution >= 0.6 is 0 Å². The minimum atomic E-state index is -0.436. The first-order valence-corrected chi connectivity index (χ1v) is 5.16. The summed E-state index contributed by atoms with van der Waals surface area (Å²) in [5.74, 6) is 0. The van der Waals surface area contributed by atoms with E-state index in [0.717, 1.165) is 12.8 Å². The summed E-state index contributed by atoms with van der Waals surface area (Å²) < 4.78 is 0. The molecule has 14 heavy (non-hydrogen) atoms. The maximum atomic E-state index is 10.6. The third-order valence-electron chi connectivity index (χ3n) is 2.29. The Morgan fingerprint density at radius 2 is 1.64 bits per heavy atom. The van der Waals surface area contributed by atoms with Gasteiger partial charge in [-0.1, -0.05) is 34.6 Å². The largest absolute Gasteiger partial charge is 0.352 e. The van der Waals surface area contributed by atoms with Crippen molar-refractivity contribution >= 4 is 6.03 Å². The van der Waals surface area contributed by atoms with Crippen LogP contribution in [0.25, 0.3) is 0 Å². The predicted octanol–water partition coefficient (Wildman–Crippen LogP) is 2.51. The van der Waals surface area contributed by atoms with Crippen LogP contribution in [0.4, 0.5) is 4.79 Å². The second-order valence-corrected chi connectivity index (χ2v) is 5.94. The first-order chi connectivity index (χ1) is 6.12. The summed E-state index contributed by atoms with van der Waals surface area (Å²) in [7, 11) is 0. The van der Waals surface area contributed by atoms with Crippen molar-refractivity contribution in [1.29, 1.82) is 0 Å². The molecule has 2 amide bonds. The van der Waals surface area contributed by atoms with Crippen LogP contribution in [0, 0.1) is 10.8 Å². The fraction of sp³-hybridized carbons (Fsp3) is 0.909. The Labute approximate surface area is 87.4 Å². The molecule has 0 aliphatic carbocycles. The minimum Gasteiger partial charge on any atom is -0.352 e. The number of amides is 2. The number of nitrogens with two attached hydrogens (primary N) is 1. The lowest BCUT2D eigenvalue weighted by Crippen LogP contribution is -2.37. The number of nitrogens with one attached hydrogen (secondary N) is 1. The van der Waals surface area contributed by atoms with E-state index in [1.807, 2.05) is 0 Å². The molecule has 3 heteroatoms. The zero-order chi connectivity index (χ0) is 11.4. The number of primary amides is 1. The lowest BCUT2D eigenvalue weighted by molar-refractivity contribution is 0.228. The van der Waals surface area contributed by atoms with Crippen LogP contribution in [0.15, 0.2) is 0 Å². The normalized spacial score (nSPS) is 12.6. The molecule has 3 N–H and O–H groups in total. The molecule has 3 nitrogen and oxygen atoms in total. The van der Waals surface area contributed by atoms with E-state index in [-0.39, 0.29) is 5.41 Å². The van der Waals surface area contributed by atoms with Gasteiger partial charge in [0.05, 0.1) is 0 Å². The van der Waals surface area contributed by atoms with Gasteiger partial charge in [0, 0.05) is 6.54 Å². The van der Waals surface area contributed by atoms with Gasteiger partial charge in [0.1, 0.15) is 0 Å². The number of urea groups is 1. The average Bonchev–Trinajstić information content (AvgIpc) is 1.97. The van der Waals surface area contributed by atoms with Crippen molar-refractivity contribution in [3.63, 3.8) is 0 Å². The highest BCUT2D eigenvalue weighted by molar-refractivity contribution is 5.71. The van der Waals surface area contributed by atoms with Crippen LogP contribution in [-0.4, -0.2) is 12.6 Å². The van der Waals surface area contributed by atoms with Crippen molar-refractivity contribution in [3.05, 3.63) is 0 Å². The molecule has 0 radical (unpaired) electrons. The second kappa shape index (κ2) is 4.67. The van der Waals surface area contributed by atoms with Crippen molar-refractivity contribution in [2.45, 2.75) is 47.5 Å². The number of carbonyl (C=O) groups is 1. The van der Waals surface area contributed by atoms with Gasteiger partial charge in [-0.2, -0.15) is 0 Å². The molecule has 0 aliphatic heterocycles. The molecule has 0 aromatic rings. The summed E-state index contributed by atoms with van der Waals surface area (Å²) >= 11 is 0. The van der Waals surface area contributed by atoms with Gasteiger partial charge in [0.15, 0.2) is 0 Å². The molecular formula is C11H24N2O. The molecular weight excluding hydrogens is 176 g/mol. The summed E-state index contributed by atoms with van der Waals surface area (Å²) in [6.45, 7) is 11.6. The van der Waals surface area contributed by atoms with E-state index in [1.165, 1.54) is 0 Å². The number of rotatable bonds is 4. The zero-order valence-corrected chi connectivity index (χ0v) is 10.1. The number of carbonyl (C=O) groups excluding carboxylic acids is 1. The molecule has 0 bridgehead atoms. The Balaban J connectivity index is 3.89. The van der Waals surface area contributed by atoms with Crippen LogP contribution in [0.1, 0.15) is 47.5 Å². The first kappa shape index (κ1) is 13.3. The third-order valence-corrected chi connectivity index (χ3v) is 2.29. The van der Waals surface area contributed by atoms with Crippen LogP contribution in [0.2, 0.25) is 0 Å². The van der Waals surface area contributed by atoms with Gasteiger partial charge in [-0.05, 0) is 23.7 Å². The van der Waals surface area contributed by atoms with E-state index in [4.69, 9.17) is 5.73 Å². The Kier molecular flexibility index (Phi) is 4.43. The molecule has 0 atom stereocenters. The van der Waals surface area contributed by atoms with Crippen molar-refractivity contribution in [2.24, 2.45) is 16.6 Å². The van der Waals surface area contributed by atoms with Crippen molar-refractivity contribution in [1.82, 2.24) is 5.32 Å². The number of hydrogen-bond acceptors (Lipinski definition) is 1. The van der Waals surface area contributed by atoms with Crippen molar-refractivity contribution in [3.8, 4) is 0 Å². The highest BCUT2D eigenvalue weighted by atomic mass is 16.2. The first-order valence-electron chi connectivity index (χ1n) is 5.16. The zero-order valence-electron chi connectivity index (χ0n) is 10.1. The molecule has 0 spiro atoms. The molecule has 0 aliphatic rings. The highest BCUT2D eigenvalue weighted by Crippen LogP contribution is 2.29. The Bertz CT molecular complexity index is 192. The Hall–Kier alpha value is -0.730. The summed E-state index contributed by atoms with van der Waals surface area (Å²) in [5.41, 5.74) is 5.51. The maximum absolute atomic E-state index is 10.6. The Morgan fingerprint density at radius 3 is 2.00 bits per heavy atom. The van der Waals surface area contributed by atoms with Crippen molar-refractivity contribution in [2.75, 3.05) is 6.54 Å². The molecule has 0 saturated carbocycles. The highest BCUT2D eigenvalue weighted by Gasteiger charge is 2.21.